The molecule has 0 unspecified atom stereocenters. The van der Waals surface area contributed by atoms with Crippen molar-refractivity contribution < 1.29 is 0 Å². The molecular weight excluding hydrogens is 172 g/mol. The van der Waals surface area contributed by atoms with Crippen LogP contribution in [0.5, 0.6) is 0 Å². The minimum Gasteiger partial charge on any atom is -0.304 e. The van der Waals surface area contributed by atoms with Crippen molar-refractivity contribution in [3.8, 4) is 11.8 Å². The highest BCUT2D eigenvalue weighted by Crippen LogP contribution is 1.97. The van der Waals surface area contributed by atoms with Gasteiger partial charge in [-0.3, -0.25) is 4.90 Å². The zero-order chi connectivity index (χ0) is 10.8. The molecule has 82 valence electrons. The summed E-state index contributed by atoms with van der Waals surface area (Å²) >= 11 is 0. The number of piperazine rings is 1. The van der Waals surface area contributed by atoms with Crippen LogP contribution in [0.2, 0.25) is 0 Å². The van der Waals surface area contributed by atoms with Crippen LogP contribution in [-0.2, 0) is 0 Å². The van der Waals surface area contributed by atoms with Crippen molar-refractivity contribution in [2.45, 2.75) is 27.2 Å². The third-order valence-electron chi connectivity index (χ3n) is 2.20. The molecule has 1 heterocycles. The van der Waals surface area contributed by atoms with E-state index in [9.17, 15) is 0 Å². The highest BCUT2D eigenvalue weighted by Gasteiger charge is 2.11. The summed E-state index contributed by atoms with van der Waals surface area (Å²) in [6.45, 7) is 11.8. The van der Waals surface area contributed by atoms with Gasteiger partial charge in [-0.2, -0.15) is 0 Å². The molecule has 0 amide bonds. The van der Waals surface area contributed by atoms with Crippen LogP contribution in [0, 0.1) is 11.8 Å². The summed E-state index contributed by atoms with van der Waals surface area (Å²) in [7, 11) is 2.18. The molecule has 0 aromatic carbocycles. The predicted molar refractivity (Wildman–Crippen MR) is 63.4 cm³/mol. The Morgan fingerprint density at radius 3 is 2.07 bits per heavy atom. The second-order valence-electron chi connectivity index (χ2n) is 3.29. The van der Waals surface area contributed by atoms with Crippen molar-refractivity contribution >= 4 is 0 Å². The fourth-order valence-electron chi connectivity index (χ4n) is 1.30. The number of rotatable bonds is 1. The molecule has 1 saturated heterocycles. The summed E-state index contributed by atoms with van der Waals surface area (Å²) in [6.07, 6.45) is 0.980. The van der Waals surface area contributed by atoms with Crippen LogP contribution in [0.3, 0.4) is 0 Å². The molecule has 0 aliphatic carbocycles. The lowest BCUT2D eigenvalue weighted by atomic mass is 10.3. The van der Waals surface area contributed by atoms with E-state index in [0.717, 1.165) is 13.0 Å². The van der Waals surface area contributed by atoms with E-state index in [2.05, 4.69) is 35.6 Å². The monoisotopic (exact) mass is 196 g/mol. The molecule has 1 fully saturated rings. The summed E-state index contributed by atoms with van der Waals surface area (Å²) in [5, 5.41) is 0. The van der Waals surface area contributed by atoms with Gasteiger partial charge in [0.1, 0.15) is 0 Å². The lowest BCUT2D eigenvalue weighted by molar-refractivity contribution is 0.168. The van der Waals surface area contributed by atoms with Gasteiger partial charge in [0, 0.05) is 32.6 Å². The van der Waals surface area contributed by atoms with E-state index >= 15 is 0 Å². The van der Waals surface area contributed by atoms with Gasteiger partial charge in [0.2, 0.25) is 0 Å². The van der Waals surface area contributed by atoms with Gasteiger partial charge in [0.15, 0.2) is 0 Å². The van der Waals surface area contributed by atoms with Crippen LogP contribution in [0.4, 0.5) is 0 Å². The van der Waals surface area contributed by atoms with Crippen LogP contribution >= 0.6 is 0 Å². The number of hydrogen-bond acceptors (Lipinski definition) is 2. The summed E-state index contributed by atoms with van der Waals surface area (Å²) in [5.74, 6) is 6.28. The van der Waals surface area contributed by atoms with Gasteiger partial charge in [-0.25, -0.2) is 0 Å². The first kappa shape index (κ1) is 13.5. The molecule has 0 N–H and O–H groups in total. The van der Waals surface area contributed by atoms with E-state index in [0.29, 0.717) is 0 Å². The summed E-state index contributed by atoms with van der Waals surface area (Å²) in [6, 6.07) is 0. The number of hydrogen-bond donors (Lipinski definition) is 0. The molecule has 1 rings (SSSR count). The molecule has 0 atom stereocenters. The normalized spacial score (nSPS) is 17.7. The Bertz CT molecular complexity index is 170. The zero-order valence-corrected chi connectivity index (χ0v) is 10.1. The smallest absolute Gasteiger partial charge is 0.0602 e. The minimum absolute atomic E-state index is 0.960. The fourth-order valence-corrected chi connectivity index (χ4v) is 1.30. The average Bonchev–Trinajstić information content (AvgIpc) is 2.24. The molecule has 1 aliphatic heterocycles. The molecular formula is C12H24N2. The summed E-state index contributed by atoms with van der Waals surface area (Å²) in [5.41, 5.74) is 0. The van der Waals surface area contributed by atoms with E-state index in [1.165, 1.54) is 26.2 Å². The highest BCUT2D eigenvalue weighted by molar-refractivity contribution is 5.00. The lowest BCUT2D eigenvalue weighted by Gasteiger charge is -2.30. The largest absolute Gasteiger partial charge is 0.304 e. The van der Waals surface area contributed by atoms with Gasteiger partial charge in [-0.05, 0) is 7.05 Å². The van der Waals surface area contributed by atoms with Gasteiger partial charge in [0.05, 0.1) is 6.54 Å². The second kappa shape index (κ2) is 9.05. The molecule has 1 aliphatic rings. The van der Waals surface area contributed by atoms with Crippen molar-refractivity contribution in [1.82, 2.24) is 9.80 Å². The highest BCUT2D eigenvalue weighted by atomic mass is 15.2. The quantitative estimate of drug-likeness (QED) is 0.589. The van der Waals surface area contributed by atoms with Crippen LogP contribution < -0.4 is 0 Å². The van der Waals surface area contributed by atoms with Gasteiger partial charge in [0.25, 0.3) is 0 Å². The molecule has 14 heavy (non-hydrogen) atoms. The van der Waals surface area contributed by atoms with Crippen molar-refractivity contribution in [2.24, 2.45) is 0 Å². The maximum atomic E-state index is 3.18. The Morgan fingerprint density at radius 2 is 1.57 bits per heavy atom. The van der Waals surface area contributed by atoms with Crippen LogP contribution in [0.25, 0.3) is 0 Å². The molecule has 0 radical (unpaired) electrons. The topological polar surface area (TPSA) is 6.48 Å². The van der Waals surface area contributed by atoms with E-state index in [4.69, 9.17) is 0 Å². The Kier molecular flexibility index (Phi) is 8.72. The number of nitrogens with zero attached hydrogens (tertiary/aromatic N) is 2. The van der Waals surface area contributed by atoms with Crippen LogP contribution in [-0.4, -0.2) is 49.6 Å². The minimum atomic E-state index is 0.960. The van der Waals surface area contributed by atoms with E-state index in [1.807, 2.05) is 13.8 Å². The van der Waals surface area contributed by atoms with E-state index in [-0.39, 0.29) is 0 Å². The van der Waals surface area contributed by atoms with Crippen molar-refractivity contribution in [1.29, 1.82) is 0 Å². The molecule has 0 saturated carbocycles. The van der Waals surface area contributed by atoms with E-state index in [1.54, 1.807) is 0 Å². The van der Waals surface area contributed by atoms with Gasteiger partial charge < -0.3 is 4.90 Å². The summed E-state index contributed by atoms with van der Waals surface area (Å²) < 4.78 is 0. The first-order valence-electron chi connectivity index (χ1n) is 5.69. The maximum Gasteiger partial charge on any atom is 0.0602 e. The lowest BCUT2D eigenvalue weighted by Crippen LogP contribution is -2.44. The average molecular weight is 196 g/mol. The van der Waals surface area contributed by atoms with Crippen LogP contribution in [0.15, 0.2) is 0 Å². The van der Waals surface area contributed by atoms with Crippen molar-refractivity contribution in [2.75, 3.05) is 39.8 Å². The van der Waals surface area contributed by atoms with Crippen LogP contribution in [0.1, 0.15) is 27.2 Å². The van der Waals surface area contributed by atoms with Gasteiger partial charge in [-0.1, -0.05) is 26.7 Å². The Labute approximate surface area is 89.3 Å². The zero-order valence-electron chi connectivity index (χ0n) is 10.1. The Balaban J connectivity index is 0.000000791. The van der Waals surface area contributed by atoms with Crippen molar-refractivity contribution in [3.63, 3.8) is 0 Å². The molecule has 2 nitrogen and oxygen atoms in total. The van der Waals surface area contributed by atoms with E-state index < -0.39 is 0 Å². The SMILES string of the molecule is CC.CCC#CCN1CCN(C)CC1. The first-order chi connectivity index (χ1) is 6.83. The first-order valence-corrected chi connectivity index (χ1v) is 5.69. The Morgan fingerprint density at radius 1 is 1.00 bits per heavy atom. The predicted octanol–water partition coefficient (Wildman–Crippen LogP) is 1.67. The standard InChI is InChI=1S/C10H18N2.C2H6/c1-3-4-5-6-12-9-7-11(2)8-10-12;1-2/h3,6-10H2,1-2H3;1-2H3. The fraction of sp³-hybridized carbons (Fsp3) is 0.833. The summed E-state index contributed by atoms with van der Waals surface area (Å²) in [4.78, 5) is 4.78. The van der Waals surface area contributed by atoms with Gasteiger partial charge >= 0.3 is 0 Å². The molecule has 0 bridgehead atoms. The molecule has 0 spiro atoms. The Hall–Kier alpha value is -0.520. The molecule has 0 aromatic rings. The third-order valence-corrected chi connectivity index (χ3v) is 2.20. The maximum absolute atomic E-state index is 3.18. The molecule has 0 aromatic heterocycles. The second-order valence-corrected chi connectivity index (χ2v) is 3.29. The third kappa shape index (κ3) is 6.01. The van der Waals surface area contributed by atoms with Crippen molar-refractivity contribution in [3.05, 3.63) is 0 Å². The van der Waals surface area contributed by atoms with Gasteiger partial charge in [-0.15, -0.1) is 5.92 Å². The number of likely N-dealkylation sites (N-methyl/N-ethyl adjacent to an activating group) is 1. The molecule has 2 heteroatoms.